The molecular formula is C10H11Cl2N. The van der Waals surface area contributed by atoms with Gasteiger partial charge in [-0.05, 0) is 37.1 Å². The van der Waals surface area contributed by atoms with Crippen LogP contribution in [0.25, 0.3) is 0 Å². The monoisotopic (exact) mass is 215 g/mol. The molecule has 0 aliphatic carbocycles. The van der Waals surface area contributed by atoms with Crippen LogP contribution in [-0.2, 0) is 6.42 Å². The van der Waals surface area contributed by atoms with Crippen LogP contribution in [0.15, 0.2) is 12.1 Å². The predicted octanol–water partition coefficient (Wildman–Crippen LogP) is 3.20. The highest BCUT2D eigenvalue weighted by molar-refractivity contribution is 6.42. The molecule has 1 aromatic carbocycles. The van der Waals surface area contributed by atoms with E-state index in [0.717, 1.165) is 13.0 Å². The maximum atomic E-state index is 6.13. The van der Waals surface area contributed by atoms with Crippen LogP contribution in [0.2, 0.25) is 10.0 Å². The minimum absolute atomic E-state index is 0.315. The van der Waals surface area contributed by atoms with E-state index in [9.17, 15) is 0 Å². The molecule has 0 bridgehead atoms. The van der Waals surface area contributed by atoms with Gasteiger partial charge in [-0.3, -0.25) is 0 Å². The second kappa shape index (κ2) is 3.49. The number of benzene rings is 1. The first-order valence-corrected chi connectivity index (χ1v) is 5.16. The normalized spacial score (nSPS) is 21.3. The van der Waals surface area contributed by atoms with Crippen LogP contribution in [0.3, 0.4) is 0 Å². The van der Waals surface area contributed by atoms with Gasteiger partial charge >= 0.3 is 0 Å². The van der Waals surface area contributed by atoms with E-state index in [0.29, 0.717) is 16.1 Å². The highest BCUT2D eigenvalue weighted by Crippen LogP contribution is 2.34. The van der Waals surface area contributed by atoms with E-state index >= 15 is 0 Å². The van der Waals surface area contributed by atoms with Crippen molar-refractivity contribution in [3.05, 3.63) is 33.3 Å². The fourth-order valence-corrected chi connectivity index (χ4v) is 2.33. The van der Waals surface area contributed by atoms with Gasteiger partial charge in [-0.15, -0.1) is 0 Å². The molecule has 1 nitrogen and oxygen atoms in total. The summed E-state index contributed by atoms with van der Waals surface area (Å²) in [4.78, 5) is 0. The molecular weight excluding hydrogens is 205 g/mol. The highest BCUT2D eigenvalue weighted by Gasteiger charge is 2.19. The molecule has 0 spiro atoms. The van der Waals surface area contributed by atoms with Crippen molar-refractivity contribution in [2.75, 3.05) is 6.54 Å². The average Bonchev–Trinajstić information content (AvgIpc) is 2.12. The maximum absolute atomic E-state index is 6.13. The molecule has 0 aromatic heterocycles. The van der Waals surface area contributed by atoms with E-state index in [1.165, 1.54) is 11.1 Å². The van der Waals surface area contributed by atoms with Crippen molar-refractivity contribution in [3.63, 3.8) is 0 Å². The Balaban J connectivity index is 2.58. The molecule has 70 valence electrons. The molecule has 1 aliphatic heterocycles. The Morgan fingerprint density at radius 1 is 1.38 bits per heavy atom. The standard InChI is InChI=1S/C10H11Cl2N/c1-6-9-7(4-5-13-6)2-3-8(11)10(9)12/h2-3,6,13H,4-5H2,1H3. The summed E-state index contributed by atoms with van der Waals surface area (Å²) in [5.41, 5.74) is 2.49. The molecule has 1 atom stereocenters. The lowest BCUT2D eigenvalue weighted by Gasteiger charge is -2.25. The Morgan fingerprint density at radius 3 is 2.92 bits per heavy atom. The number of fused-ring (bicyclic) bond motifs is 1. The van der Waals surface area contributed by atoms with Crippen LogP contribution in [0.5, 0.6) is 0 Å². The van der Waals surface area contributed by atoms with Crippen LogP contribution in [-0.4, -0.2) is 6.54 Å². The summed E-state index contributed by atoms with van der Waals surface area (Å²) in [6.07, 6.45) is 1.04. The zero-order chi connectivity index (χ0) is 9.42. The molecule has 2 rings (SSSR count). The molecule has 3 heteroatoms. The van der Waals surface area contributed by atoms with Crippen molar-refractivity contribution in [2.24, 2.45) is 0 Å². The first-order chi connectivity index (χ1) is 6.20. The lowest BCUT2D eigenvalue weighted by atomic mass is 9.95. The summed E-state index contributed by atoms with van der Waals surface area (Å²) >= 11 is 12.1. The van der Waals surface area contributed by atoms with Gasteiger partial charge in [-0.1, -0.05) is 29.3 Å². The van der Waals surface area contributed by atoms with Gasteiger partial charge in [-0.2, -0.15) is 0 Å². The van der Waals surface area contributed by atoms with Gasteiger partial charge in [-0.25, -0.2) is 0 Å². The number of halogens is 2. The first-order valence-electron chi connectivity index (χ1n) is 4.40. The van der Waals surface area contributed by atoms with E-state index in [-0.39, 0.29) is 0 Å². The van der Waals surface area contributed by atoms with Crippen LogP contribution in [0.4, 0.5) is 0 Å². The number of hydrogen-bond donors (Lipinski definition) is 1. The van der Waals surface area contributed by atoms with Gasteiger partial charge in [0.25, 0.3) is 0 Å². The molecule has 0 amide bonds. The Labute approximate surface area is 88.0 Å². The van der Waals surface area contributed by atoms with Gasteiger partial charge in [0.1, 0.15) is 0 Å². The number of rotatable bonds is 0. The molecule has 0 saturated carbocycles. The third-order valence-electron chi connectivity index (χ3n) is 2.50. The third kappa shape index (κ3) is 1.56. The van der Waals surface area contributed by atoms with Crippen molar-refractivity contribution in [2.45, 2.75) is 19.4 Å². The Morgan fingerprint density at radius 2 is 2.15 bits per heavy atom. The number of nitrogens with one attached hydrogen (secondary N) is 1. The minimum Gasteiger partial charge on any atom is -0.310 e. The van der Waals surface area contributed by atoms with E-state index < -0.39 is 0 Å². The molecule has 1 heterocycles. The topological polar surface area (TPSA) is 12.0 Å². The fourth-order valence-electron chi connectivity index (χ4n) is 1.82. The summed E-state index contributed by atoms with van der Waals surface area (Å²) in [6.45, 7) is 3.13. The highest BCUT2D eigenvalue weighted by atomic mass is 35.5. The van der Waals surface area contributed by atoms with Crippen molar-refractivity contribution in [1.29, 1.82) is 0 Å². The van der Waals surface area contributed by atoms with E-state index in [2.05, 4.69) is 18.3 Å². The van der Waals surface area contributed by atoms with Gasteiger partial charge in [0.2, 0.25) is 0 Å². The minimum atomic E-state index is 0.315. The van der Waals surface area contributed by atoms with Gasteiger partial charge in [0.05, 0.1) is 10.0 Å². The van der Waals surface area contributed by atoms with E-state index in [4.69, 9.17) is 23.2 Å². The van der Waals surface area contributed by atoms with Crippen molar-refractivity contribution < 1.29 is 0 Å². The van der Waals surface area contributed by atoms with E-state index in [1.807, 2.05) is 6.07 Å². The zero-order valence-electron chi connectivity index (χ0n) is 7.40. The summed E-state index contributed by atoms with van der Waals surface area (Å²) in [5.74, 6) is 0. The molecule has 0 saturated heterocycles. The van der Waals surface area contributed by atoms with Crippen LogP contribution < -0.4 is 5.32 Å². The van der Waals surface area contributed by atoms with Gasteiger partial charge < -0.3 is 5.32 Å². The van der Waals surface area contributed by atoms with Crippen LogP contribution in [0.1, 0.15) is 24.1 Å². The molecule has 0 fully saturated rings. The largest absolute Gasteiger partial charge is 0.310 e. The SMILES string of the molecule is CC1NCCc2ccc(Cl)c(Cl)c21. The summed E-state index contributed by atoms with van der Waals surface area (Å²) in [6, 6.07) is 4.26. The summed E-state index contributed by atoms with van der Waals surface area (Å²) in [5, 5.41) is 4.72. The van der Waals surface area contributed by atoms with Crippen LogP contribution in [0, 0.1) is 0 Å². The molecule has 1 N–H and O–H groups in total. The summed E-state index contributed by atoms with van der Waals surface area (Å²) in [7, 11) is 0. The molecule has 1 unspecified atom stereocenters. The van der Waals surface area contributed by atoms with Gasteiger partial charge in [0, 0.05) is 6.04 Å². The molecule has 1 aromatic rings. The fraction of sp³-hybridized carbons (Fsp3) is 0.400. The predicted molar refractivity (Wildman–Crippen MR) is 56.6 cm³/mol. The Kier molecular flexibility index (Phi) is 2.50. The third-order valence-corrected chi connectivity index (χ3v) is 3.32. The van der Waals surface area contributed by atoms with Crippen molar-refractivity contribution in [3.8, 4) is 0 Å². The smallest absolute Gasteiger partial charge is 0.0642 e. The van der Waals surface area contributed by atoms with Crippen LogP contribution >= 0.6 is 23.2 Å². The lowest BCUT2D eigenvalue weighted by molar-refractivity contribution is 0.541. The second-order valence-corrected chi connectivity index (χ2v) is 4.15. The lowest BCUT2D eigenvalue weighted by Crippen LogP contribution is -2.28. The quantitative estimate of drug-likeness (QED) is 0.702. The number of hydrogen-bond acceptors (Lipinski definition) is 1. The van der Waals surface area contributed by atoms with E-state index in [1.54, 1.807) is 0 Å². The average molecular weight is 216 g/mol. The Bertz CT molecular complexity index is 336. The van der Waals surface area contributed by atoms with Gasteiger partial charge in [0.15, 0.2) is 0 Å². The second-order valence-electron chi connectivity index (χ2n) is 3.36. The Hall–Kier alpha value is -0.240. The maximum Gasteiger partial charge on any atom is 0.0642 e. The first kappa shape index (κ1) is 9.32. The molecule has 13 heavy (non-hydrogen) atoms. The molecule has 0 radical (unpaired) electrons. The van der Waals surface area contributed by atoms with Crippen molar-refractivity contribution >= 4 is 23.2 Å². The zero-order valence-corrected chi connectivity index (χ0v) is 8.91. The summed E-state index contributed by atoms with van der Waals surface area (Å²) < 4.78 is 0. The molecule has 1 aliphatic rings. The van der Waals surface area contributed by atoms with Crippen molar-refractivity contribution in [1.82, 2.24) is 5.32 Å².